The summed E-state index contributed by atoms with van der Waals surface area (Å²) in [5.74, 6) is 0.887. The molecule has 0 spiro atoms. The van der Waals surface area contributed by atoms with Gasteiger partial charge in [0.1, 0.15) is 0 Å². The molecule has 1 aliphatic rings. The molecule has 0 radical (unpaired) electrons. The van der Waals surface area contributed by atoms with Crippen LogP contribution in [-0.2, 0) is 0 Å². The van der Waals surface area contributed by atoms with Crippen molar-refractivity contribution < 1.29 is 0 Å². The van der Waals surface area contributed by atoms with E-state index in [0.717, 1.165) is 29.9 Å². The van der Waals surface area contributed by atoms with Crippen LogP contribution in [0.4, 0.5) is 5.95 Å². The Labute approximate surface area is 95.1 Å². The largest absolute Gasteiger partial charge is 0.341 e. The molecule has 0 atom stereocenters. The van der Waals surface area contributed by atoms with Crippen LogP contribution in [0.2, 0.25) is 0 Å². The summed E-state index contributed by atoms with van der Waals surface area (Å²) < 4.78 is 0. The molecule has 0 unspecified atom stereocenters. The Kier molecular flexibility index (Phi) is 2.44. The van der Waals surface area contributed by atoms with Crippen molar-refractivity contribution in [3.63, 3.8) is 0 Å². The smallest absolute Gasteiger partial charge is 0.225 e. The van der Waals surface area contributed by atoms with Crippen molar-refractivity contribution in [2.75, 3.05) is 18.0 Å². The molecule has 0 amide bonds. The van der Waals surface area contributed by atoms with E-state index in [1.54, 1.807) is 0 Å². The highest BCUT2D eigenvalue weighted by molar-refractivity contribution is 5.78. The highest BCUT2D eigenvalue weighted by atomic mass is 15.2. The van der Waals surface area contributed by atoms with Crippen molar-refractivity contribution in [1.29, 1.82) is 0 Å². The van der Waals surface area contributed by atoms with Gasteiger partial charge in [-0.3, -0.25) is 0 Å². The van der Waals surface area contributed by atoms with E-state index in [1.807, 2.05) is 24.4 Å². The molecule has 3 rings (SSSR count). The lowest BCUT2D eigenvalue weighted by molar-refractivity contribution is 0.569. The van der Waals surface area contributed by atoms with E-state index in [-0.39, 0.29) is 0 Å². The minimum Gasteiger partial charge on any atom is -0.341 e. The van der Waals surface area contributed by atoms with Crippen LogP contribution in [0.25, 0.3) is 10.9 Å². The maximum Gasteiger partial charge on any atom is 0.225 e. The first kappa shape index (κ1) is 9.58. The SMILES string of the molecule is c1ccc2nc(N3CCCCC3)ncc2c1. The van der Waals surface area contributed by atoms with Crippen LogP contribution < -0.4 is 4.90 Å². The predicted molar refractivity (Wildman–Crippen MR) is 65.6 cm³/mol. The Bertz CT molecular complexity index is 489. The van der Waals surface area contributed by atoms with Crippen LogP contribution in [-0.4, -0.2) is 23.1 Å². The summed E-state index contributed by atoms with van der Waals surface area (Å²) in [5, 5.41) is 1.11. The number of piperidine rings is 1. The second-order valence-corrected chi connectivity index (χ2v) is 4.28. The Hall–Kier alpha value is -1.64. The first-order chi connectivity index (χ1) is 7.93. The third-order valence-electron chi connectivity index (χ3n) is 3.12. The highest BCUT2D eigenvalue weighted by Crippen LogP contribution is 2.18. The van der Waals surface area contributed by atoms with Crippen LogP contribution in [0, 0.1) is 0 Å². The normalized spacial score (nSPS) is 16.6. The summed E-state index contributed by atoms with van der Waals surface area (Å²) in [5.41, 5.74) is 1.04. The molecule has 1 aliphatic heterocycles. The average Bonchev–Trinajstić information content (AvgIpc) is 2.39. The van der Waals surface area contributed by atoms with E-state index in [4.69, 9.17) is 0 Å². The van der Waals surface area contributed by atoms with E-state index in [2.05, 4.69) is 20.9 Å². The first-order valence-electron chi connectivity index (χ1n) is 5.90. The van der Waals surface area contributed by atoms with Crippen molar-refractivity contribution in [2.24, 2.45) is 0 Å². The number of anilines is 1. The summed E-state index contributed by atoms with van der Waals surface area (Å²) in [6, 6.07) is 8.14. The van der Waals surface area contributed by atoms with Crippen LogP contribution in [0.3, 0.4) is 0 Å². The number of para-hydroxylation sites is 1. The van der Waals surface area contributed by atoms with Gasteiger partial charge in [0.25, 0.3) is 0 Å². The molecule has 1 saturated heterocycles. The third kappa shape index (κ3) is 1.73. The molecule has 2 aromatic rings. The molecular weight excluding hydrogens is 198 g/mol. The van der Waals surface area contributed by atoms with Crippen molar-refractivity contribution >= 4 is 16.9 Å². The molecule has 1 aromatic heterocycles. The monoisotopic (exact) mass is 213 g/mol. The molecule has 0 saturated carbocycles. The first-order valence-corrected chi connectivity index (χ1v) is 5.90. The zero-order valence-corrected chi connectivity index (χ0v) is 9.26. The molecule has 1 aromatic carbocycles. The fourth-order valence-corrected chi connectivity index (χ4v) is 2.21. The third-order valence-corrected chi connectivity index (χ3v) is 3.12. The Morgan fingerprint density at radius 1 is 1.00 bits per heavy atom. The van der Waals surface area contributed by atoms with Crippen LogP contribution in [0.5, 0.6) is 0 Å². The number of nitrogens with zero attached hydrogens (tertiary/aromatic N) is 3. The molecule has 0 aliphatic carbocycles. The predicted octanol–water partition coefficient (Wildman–Crippen LogP) is 2.62. The lowest BCUT2D eigenvalue weighted by Gasteiger charge is -2.26. The van der Waals surface area contributed by atoms with Gasteiger partial charge in [-0.2, -0.15) is 0 Å². The number of hydrogen-bond donors (Lipinski definition) is 0. The summed E-state index contributed by atoms with van der Waals surface area (Å²) in [7, 11) is 0. The lowest BCUT2D eigenvalue weighted by Crippen LogP contribution is -2.30. The molecule has 0 bridgehead atoms. The number of aromatic nitrogens is 2. The molecule has 0 N–H and O–H groups in total. The maximum atomic E-state index is 4.61. The minimum atomic E-state index is 0.887. The van der Waals surface area contributed by atoms with Crippen molar-refractivity contribution in [3.8, 4) is 0 Å². The zero-order valence-electron chi connectivity index (χ0n) is 9.26. The minimum absolute atomic E-state index is 0.887. The van der Waals surface area contributed by atoms with Gasteiger partial charge in [0.2, 0.25) is 5.95 Å². The van der Waals surface area contributed by atoms with Crippen molar-refractivity contribution in [1.82, 2.24) is 9.97 Å². The summed E-state index contributed by atoms with van der Waals surface area (Å²) in [4.78, 5) is 11.3. The van der Waals surface area contributed by atoms with Crippen LogP contribution in [0.1, 0.15) is 19.3 Å². The molecule has 3 nitrogen and oxygen atoms in total. The zero-order chi connectivity index (χ0) is 10.8. The van der Waals surface area contributed by atoms with Gasteiger partial charge in [-0.1, -0.05) is 18.2 Å². The molecule has 82 valence electrons. The Morgan fingerprint density at radius 2 is 1.81 bits per heavy atom. The molecule has 3 heteroatoms. The number of benzene rings is 1. The van der Waals surface area contributed by atoms with E-state index in [0.29, 0.717) is 0 Å². The summed E-state index contributed by atoms with van der Waals surface area (Å²) >= 11 is 0. The van der Waals surface area contributed by atoms with E-state index in [9.17, 15) is 0 Å². The van der Waals surface area contributed by atoms with Crippen molar-refractivity contribution in [3.05, 3.63) is 30.5 Å². The number of hydrogen-bond acceptors (Lipinski definition) is 3. The fraction of sp³-hybridized carbons (Fsp3) is 0.385. The van der Waals surface area contributed by atoms with Crippen LogP contribution >= 0.6 is 0 Å². The summed E-state index contributed by atoms with van der Waals surface area (Å²) in [6.45, 7) is 2.19. The second kappa shape index (κ2) is 4.08. The average molecular weight is 213 g/mol. The van der Waals surface area contributed by atoms with Gasteiger partial charge in [-0.25, -0.2) is 9.97 Å². The highest BCUT2D eigenvalue weighted by Gasteiger charge is 2.13. The van der Waals surface area contributed by atoms with Crippen molar-refractivity contribution in [2.45, 2.75) is 19.3 Å². The standard InChI is InChI=1S/C13H15N3/c1-4-8-16(9-5-1)13-14-10-11-6-2-3-7-12(11)15-13/h2-3,6-7,10H,1,4-5,8-9H2. The number of fused-ring (bicyclic) bond motifs is 1. The Morgan fingerprint density at radius 3 is 2.69 bits per heavy atom. The lowest BCUT2D eigenvalue weighted by atomic mass is 10.1. The molecule has 16 heavy (non-hydrogen) atoms. The van der Waals surface area contributed by atoms with Gasteiger partial charge in [0.15, 0.2) is 0 Å². The Balaban J connectivity index is 1.97. The fourth-order valence-electron chi connectivity index (χ4n) is 2.21. The van der Waals surface area contributed by atoms with Gasteiger partial charge in [0.05, 0.1) is 5.52 Å². The van der Waals surface area contributed by atoms with Gasteiger partial charge >= 0.3 is 0 Å². The second-order valence-electron chi connectivity index (χ2n) is 4.28. The molecule has 1 fully saturated rings. The summed E-state index contributed by atoms with van der Waals surface area (Å²) in [6.07, 6.45) is 5.78. The van der Waals surface area contributed by atoms with E-state index >= 15 is 0 Å². The maximum absolute atomic E-state index is 4.61. The molecular formula is C13H15N3. The van der Waals surface area contributed by atoms with Gasteiger partial charge < -0.3 is 4.90 Å². The van der Waals surface area contributed by atoms with E-state index < -0.39 is 0 Å². The van der Waals surface area contributed by atoms with Gasteiger partial charge in [0, 0.05) is 24.7 Å². The van der Waals surface area contributed by atoms with Gasteiger partial charge in [-0.05, 0) is 25.3 Å². The number of rotatable bonds is 1. The van der Waals surface area contributed by atoms with Crippen LogP contribution in [0.15, 0.2) is 30.5 Å². The van der Waals surface area contributed by atoms with E-state index in [1.165, 1.54) is 19.3 Å². The topological polar surface area (TPSA) is 29.0 Å². The quantitative estimate of drug-likeness (QED) is 0.729. The van der Waals surface area contributed by atoms with Gasteiger partial charge in [-0.15, -0.1) is 0 Å². The molecule has 2 heterocycles.